The van der Waals surface area contributed by atoms with Gasteiger partial charge in [-0.15, -0.1) is 0 Å². The molecule has 3 rings (SSSR count). The van der Waals surface area contributed by atoms with Gasteiger partial charge in [-0.3, -0.25) is 4.79 Å². The number of ether oxygens (including phenoxy) is 2. The Bertz CT molecular complexity index is 876. The van der Waals surface area contributed by atoms with Crippen molar-refractivity contribution in [3.05, 3.63) is 48.0 Å². The molecular weight excluding hydrogens is 352 g/mol. The zero-order valence-corrected chi connectivity index (χ0v) is 15.6. The normalized spacial score (nSPS) is 12.0. The summed E-state index contributed by atoms with van der Waals surface area (Å²) >= 11 is 1.26. The van der Waals surface area contributed by atoms with E-state index < -0.39 is 0 Å². The molecule has 0 aliphatic heterocycles. The number of methoxy groups -OCH3 is 2. The van der Waals surface area contributed by atoms with Crippen LogP contribution >= 0.6 is 11.8 Å². The highest BCUT2D eigenvalue weighted by Crippen LogP contribution is 2.29. The molecule has 136 valence electrons. The van der Waals surface area contributed by atoms with Gasteiger partial charge in [-0.05, 0) is 37.3 Å². The Labute approximate surface area is 155 Å². The Kier molecular flexibility index (Phi) is 5.68. The first-order valence-electron chi connectivity index (χ1n) is 8.10. The minimum atomic E-state index is -0.225. The molecule has 0 fully saturated rings. The van der Waals surface area contributed by atoms with E-state index in [1.165, 1.54) is 11.8 Å². The predicted molar refractivity (Wildman–Crippen MR) is 101 cm³/mol. The van der Waals surface area contributed by atoms with Crippen LogP contribution < -0.4 is 14.8 Å². The number of amides is 1. The summed E-state index contributed by atoms with van der Waals surface area (Å²) in [6.45, 7) is 1.90. The van der Waals surface area contributed by atoms with Crippen LogP contribution in [0.5, 0.6) is 11.5 Å². The van der Waals surface area contributed by atoms with Crippen LogP contribution in [0.1, 0.15) is 18.5 Å². The lowest BCUT2D eigenvalue weighted by Gasteiger charge is -2.18. The molecule has 0 unspecified atom stereocenters. The number of oxazole rings is 1. The van der Waals surface area contributed by atoms with E-state index in [1.54, 1.807) is 14.2 Å². The summed E-state index contributed by atoms with van der Waals surface area (Å²) in [5.41, 5.74) is 2.35. The molecule has 1 atom stereocenters. The number of hydrogen-bond donors (Lipinski definition) is 1. The summed E-state index contributed by atoms with van der Waals surface area (Å²) in [4.78, 5) is 16.6. The van der Waals surface area contributed by atoms with Crippen molar-refractivity contribution in [1.82, 2.24) is 10.3 Å². The lowest BCUT2D eigenvalue weighted by molar-refractivity contribution is -0.119. The Hall–Kier alpha value is -2.67. The van der Waals surface area contributed by atoms with Crippen LogP contribution in [0, 0.1) is 0 Å². The molecule has 0 aliphatic carbocycles. The van der Waals surface area contributed by atoms with E-state index in [4.69, 9.17) is 13.9 Å². The second-order valence-electron chi connectivity index (χ2n) is 5.63. The van der Waals surface area contributed by atoms with E-state index in [1.807, 2.05) is 49.4 Å². The number of nitrogens with zero attached hydrogens (tertiary/aromatic N) is 1. The number of carbonyl (C=O) groups is 1. The third-order valence-corrected chi connectivity index (χ3v) is 4.71. The fourth-order valence-corrected chi connectivity index (χ4v) is 3.23. The van der Waals surface area contributed by atoms with Crippen molar-refractivity contribution >= 4 is 28.8 Å². The van der Waals surface area contributed by atoms with Gasteiger partial charge in [0.25, 0.3) is 5.22 Å². The van der Waals surface area contributed by atoms with Crippen molar-refractivity contribution in [2.45, 2.75) is 18.2 Å². The second-order valence-corrected chi connectivity index (χ2v) is 6.56. The summed E-state index contributed by atoms with van der Waals surface area (Å²) < 4.78 is 16.2. The summed E-state index contributed by atoms with van der Waals surface area (Å²) in [7, 11) is 3.20. The lowest BCUT2D eigenvalue weighted by Crippen LogP contribution is -2.28. The molecule has 3 aromatic rings. The van der Waals surface area contributed by atoms with Crippen LogP contribution in [0.2, 0.25) is 0 Å². The van der Waals surface area contributed by atoms with Gasteiger partial charge in [-0.2, -0.15) is 0 Å². The monoisotopic (exact) mass is 372 g/mol. The van der Waals surface area contributed by atoms with Gasteiger partial charge in [0, 0.05) is 5.56 Å². The first kappa shape index (κ1) is 18.1. The number of carbonyl (C=O) groups excluding carboxylic acids is 1. The predicted octanol–water partition coefficient (Wildman–Crippen LogP) is 3.81. The molecule has 26 heavy (non-hydrogen) atoms. The molecule has 7 heteroatoms. The summed E-state index contributed by atoms with van der Waals surface area (Å²) in [5, 5.41) is 3.44. The number of rotatable bonds is 7. The molecule has 0 radical (unpaired) electrons. The zero-order valence-electron chi connectivity index (χ0n) is 14.8. The quantitative estimate of drug-likeness (QED) is 0.636. The third-order valence-electron chi connectivity index (χ3n) is 3.88. The van der Waals surface area contributed by atoms with Crippen LogP contribution in [0.3, 0.4) is 0 Å². The van der Waals surface area contributed by atoms with Crippen LogP contribution in [0.15, 0.2) is 52.1 Å². The maximum atomic E-state index is 12.3. The Morgan fingerprint density at radius 3 is 2.77 bits per heavy atom. The maximum Gasteiger partial charge on any atom is 0.257 e. The zero-order chi connectivity index (χ0) is 18.5. The van der Waals surface area contributed by atoms with Crippen LogP contribution in [-0.4, -0.2) is 30.9 Å². The fraction of sp³-hybridized carbons (Fsp3) is 0.263. The maximum absolute atomic E-state index is 12.3. The van der Waals surface area contributed by atoms with E-state index >= 15 is 0 Å². The smallest absolute Gasteiger partial charge is 0.257 e. The van der Waals surface area contributed by atoms with Crippen LogP contribution in [0.25, 0.3) is 11.1 Å². The van der Waals surface area contributed by atoms with E-state index in [0.717, 1.165) is 11.1 Å². The number of benzene rings is 2. The van der Waals surface area contributed by atoms with E-state index in [2.05, 4.69) is 10.3 Å². The highest BCUT2D eigenvalue weighted by atomic mass is 32.2. The van der Waals surface area contributed by atoms with E-state index in [-0.39, 0.29) is 17.7 Å². The molecule has 6 nitrogen and oxygen atoms in total. The largest absolute Gasteiger partial charge is 0.497 e. The molecule has 0 bridgehead atoms. The minimum absolute atomic E-state index is 0.116. The molecule has 0 aliphatic rings. The van der Waals surface area contributed by atoms with Crippen molar-refractivity contribution in [3.63, 3.8) is 0 Å². The summed E-state index contributed by atoms with van der Waals surface area (Å²) in [6, 6.07) is 12.8. The summed E-state index contributed by atoms with van der Waals surface area (Å²) in [5.74, 6) is 1.51. The van der Waals surface area contributed by atoms with Gasteiger partial charge < -0.3 is 19.2 Å². The van der Waals surface area contributed by atoms with Crippen molar-refractivity contribution in [2.75, 3.05) is 20.0 Å². The fourth-order valence-electron chi connectivity index (χ4n) is 2.58. The first-order chi connectivity index (χ1) is 12.6. The highest BCUT2D eigenvalue weighted by Gasteiger charge is 2.16. The molecule has 1 amide bonds. The number of hydrogen-bond acceptors (Lipinski definition) is 6. The first-order valence-corrected chi connectivity index (χ1v) is 9.09. The van der Waals surface area contributed by atoms with Crippen molar-refractivity contribution in [1.29, 1.82) is 0 Å². The Balaban J connectivity index is 1.62. The summed E-state index contributed by atoms with van der Waals surface area (Å²) in [6.07, 6.45) is 0. The molecular formula is C19H20N2O4S. The van der Waals surface area contributed by atoms with Gasteiger partial charge in [0.05, 0.1) is 26.0 Å². The van der Waals surface area contributed by atoms with Crippen molar-refractivity contribution < 1.29 is 18.7 Å². The number of para-hydroxylation sites is 2. The molecule has 1 aromatic heterocycles. The topological polar surface area (TPSA) is 73.6 Å². The average molecular weight is 372 g/mol. The van der Waals surface area contributed by atoms with Crippen LogP contribution in [-0.2, 0) is 4.79 Å². The number of thioether (sulfide) groups is 1. The minimum Gasteiger partial charge on any atom is -0.497 e. The molecule has 0 spiro atoms. The van der Waals surface area contributed by atoms with Gasteiger partial charge in [-0.1, -0.05) is 23.9 Å². The average Bonchev–Trinajstić information content (AvgIpc) is 3.08. The highest BCUT2D eigenvalue weighted by molar-refractivity contribution is 7.99. The molecule has 1 heterocycles. The number of aromatic nitrogens is 1. The molecule has 1 N–H and O–H groups in total. The van der Waals surface area contributed by atoms with Gasteiger partial charge in [-0.25, -0.2) is 4.98 Å². The lowest BCUT2D eigenvalue weighted by atomic mass is 10.1. The molecule has 0 saturated heterocycles. The SMILES string of the molecule is COc1ccc(OC)c([C@@H](C)NC(=O)CSc2nc3ccccc3o2)c1. The van der Waals surface area contributed by atoms with E-state index in [9.17, 15) is 4.79 Å². The molecule has 2 aromatic carbocycles. The number of fused-ring (bicyclic) bond motifs is 1. The van der Waals surface area contributed by atoms with Gasteiger partial charge >= 0.3 is 0 Å². The third kappa shape index (κ3) is 4.11. The van der Waals surface area contributed by atoms with Gasteiger partial charge in [0.2, 0.25) is 5.91 Å². The Morgan fingerprint density at radius 1 is 1.23 bits per heavy atom. The van der Waals surface area contributed by atoms with Crippen molar-refractivity contribution in [3.8, 4) is 11.5 Å². The van der Waals surface area contributed by atoms with Gasteiger partial charge in [0.15, 0.2) is 5.58 Å². The van der Waals surface area contributed by atoms with Crippen LogP contribution in [0.4, 0.5) is 0 Å². The van der Waals surface area contributed by atoms with Gasteiger partial charge in [0.1, 0.15) is 17.0 Å². The second kappa shape index (κ2) is 8.14. The molecule has 0 saturated carbocycles. The van der Waals surface area contributed by atoms with Crippen molar-refractivity contribution in [2.24, 2.45) is 0 Å². The Morgan fingerprint density at radius 2 is 2.04 bits per heavy atom. The van der Waals surface area contributed by atoms with E-state index in [0.29, 0.717) is 22.3 Å². The number of nitrogens with one attached hydrogen (secondary N) is 1. The standard InChI is InChI=1S/C19H20N2O4S/c1-12(14-10-13(23-2)8-9-16(14)24-3)20-18(22)11-26-19-21-15-6-4-5-7-17(15)25-19/h4-10,12H,11H2,1-3H3,(H,20,22)/t12-/m1/s1.